The highest BCUT2D eigenvalue weighted by Crippen LogP contribution is 2.44. The monoisotopic (exact) mass is 341 g/mol. The molecule has 10 heteroatoms. The van der Waals surface area contributed by atoms with Crippen LogP contribution >= 0.6 is 11.8 Å². The van der Waals surface area contributed by atoms with E-state index in [4.69, 9.17) is 5.11 Å². The second-order valence-electron chi connectivity index (χ2n) is 4.42. The Morgan fingerprint density at radius 2 is 1.91 bits per heavy atom. The molecule has 2 unspecified atom stereocenters. The van der Waals surface area contributed by atoms with Gasteiger partial charge >= 0.3 is 18.1 Å². The van der Waals surface area contributed by atoms with E-state index in [1.165, 1.54) is 0 Å². The maximum Gasteiger partial charge on any atom is 0.471 e. The van der Waals surface area contributed by atoms with E-state index in [2.05, 4.69) is 0 Å². The number of carbonyl (C=O) groups is 2. The number of hydrogen-bond donors (Lipinski definition) is 1. The maximum atomic E-state index is 13.7. The third-order valence-corrected chi connectivity index (χ3v) is 4.30. The lowest BCUT2D eigenvalue weighted by Gasteiger charge is -2.28. The lowest BCUT2D eigenvalue weighted by molar-refractivity contribution is -0.189. The van der Waals surface area contributed by atoms with Gasteiger partial charge in [0.1, 0.15) is 23.1 Å². The number of carboxylic acids is 1. The largest absolute Gasteiger partial charge is 0.480 e. The molecule has 0 bridgehead atoms. The van der Waals surface area contributed by atoms with Crippen LogP contribution in [-0.4, -0.2) is 39.9 Å². The first-order chi connectivity index (χ1) is 10.1. The van der Waals surface area contributed by atoms with Gasteiger partial charge in [-0.05, 0) is 6.07 Å². The van der Waals surface area contributed by atoms with Crippen LogP contribution in [0.5, 0.6) is 0 Å². The third kappa shape index (κ3) is 3.01. The summed E-state index contributed by atoms with van der Waals surface area (Å²) >= 11 is 0.666. The molecule has 4 nitrogen and oxygen atoms in total. The van der Waals surface area contributed by atoms with Crippen LogP contribution < -0.4 is 0 Å². The van der Waals surface area contributed by atoms with Gasteiger partial charge in [-0.25, -0.2) is 13.6 Å². The van der Waals surface area contributed by atoms with Crippen LogP contribution in [0.4, 0.5) is 22.0 Å². The summed E-state index contributed by atoms with van der Waals surface area (Å²) in [6, 6.07) is 0.431. The molecular formula is C12H8F5NO3S. The fourth-order valence-electron chi connectivity index (χ4n) is 2.03. The molecule has 1 aromatic carbocycles. The number of alkyl halides is 3. The lowest BCUT2D eigenvalue weighted by Crippen LogP contribution is -2.48. The summed E-state index contributed by atoms with van der Waals surface area (Å²) in [5, 5.41) is 7.46. The summed E-state index contributed by atoms with van der Waals surface area (Å²) in [7, 11) is 0. The molecule has 0 aliphatic carbocycles. The lowest BCUT2D eigenvalue weighted by atomic mass is 10.1. The van der Waals surface area contributed by atoms with Gasteiger partial charge in [-0.2, -0.15) is 13.2 Å². The van der Waals surface area contributed by atoms with Crippen LogP contribution in [0.1, 0.15) is 10.9 Å². The Morgan fingerprint density at radius 1 is 1.27 bits per heavy atom. The summed E-state index contributed by atoms with van der Waals surface area (Å²) in [6.45, 7) is 0. The summed E-state index contributed by atoms with van der Waals surface area (Å²) < 4.78 is 64.6. The summed E-state index contributed by atoms with van der Waals surface area (Å²) in [4.78, 5) is 22.6. The van der Waals surface area contributed by atoms with Crippen molar-refractivity contribution in [3.63, 3.8) is 0 Å². The predicted octanol–water partition coefficient (Wildman–Crippen LogP) is 2.55. The molecule has 1 heterocycles. The van der Waals surface area contributed by atoms with Gasteiger partial charge < -0.3 is 10.0 Å². The molecule has 1 aliphatic rings. The zero-order valence-corrected chi connectivity index (χ0v) is 11.4. The van der Waals surface area contributed by atoms with Crippen LogP contribution in [0.15, 0.2) is 18.2 Å². The van der Waals surface area contributed by atoms with Gasteiger partial charge in [0.25, 0.3) is 0 Å². The Hall–Kier alpha value is -1.84. The average Bonchev–Trinajstić information content (AvgIpc) is 2.81. The molecule has 0 saturated carbocycles. The van der Waals surface area contributed by atoms with Crippen molar-refractivity contribution in [3.05, 3.63) is 35.4 Å². The predicted molar refractivity (Wildman–Crippen MR) is 65.9 cm³/mol. The molecule has 22 heavy (non-hydrogen) atoms. The first-order valence-electron chi connectivity index (χ1n) is 5.81. The van der Waals surface area contributed by atoms with Crippen LogP contribution in [0, 0.1) is 11.6 Å². The summed E-state index contributed by atoms with van der Waals surface area (Å²) in [5.41, 5.74) is -0.382. The minimum Gasteiger partial charge on any atom is -0.480 e. The molecule has 2 atom stereocenters. The fourth-order valence-corrected chi connectivity index (χ4v) is 3.47. The zero-order chi connectivity index (χ0) is 16.7. The van der Waals surface area contributed by atoms with E-state index >= 15 is 0 Å². The number of carbonyl (C=O) groups excluding carboxylic acids is 1. The summed E-state index contributed by atoms with van der Waals surface area (Å²) in [5.74, 6) is -6.43. The SMILES string of the molecule is O=C(O)C1CSC(c2ccc(F)cc2F)N1C(=O)C(F)(F)F. The number of nitrogens with zero attached hydrogens (tertiary/aromatic N) is 1. The third-order valence-electron chi connectivity index (χ3n) is 2.99. The average molecular weight is 341 g/mol. The van der Waals surface area contributed by atoms with Crippen molar-refractivity contribution >= 4 is 23.6 Å². The van der Waals surface area contributed by atoms with Crippen LogP contribution in [0.3, 0.4) is 0 Å². The van der Waals surface area contributed by atoms with Gasteiger partial charge in [0.05, 0.1) is 0 Å². The minimum absolute atomic E-state index is 0.0727. The summed E-state index contributed by atoms with van der Waals surface area (Å²) in [6.07, 6.45) is -5.30. The van der Waals surface area contributed by atoms with E-state index in [1.807, 2.05) is 0 Å². The molecule has 2 rings (SSSR count). The van der Waals surface area contributed by atoms with Crippen molar-refractivity contribution in [3.8, 4) is 0 Å². The fraction of sp³-hybridized carbons (Fsp3) is 0.333. The maximum absolute atomic E-state index is 13.7. The smallest absolute Gasteiger partial charge is 0.471 e. The Bertz CT molecular complexity index is 621. The van der Waals surface area contributed by atoms with E-state index in [1.54, 1.807) is 0 Å². The van der Waals surface area contributed by atoms with E-state index in [-0.39, 0.29) is 16.2 Å². The number of amides is 1. The first-order valence-corrected chi connectivity index (χ1v) is 6.86. The highest BCUT2D eigenvalue weighted by molar-refractivity contribution is 7.99. The van der Waals surface area contributed by atoms with Gasteiger partial charge in [-0.15, -0.1) is 11.8 Å². The van der Waals surface area contributed by atoms with Crippen molar-refractivity contribution in [1.29, 1.82) is 0 Å². The topological polar surface area (TPSA) is 57.6 Å². The van der Waals surface area contributed by atoms with Crippen molar-refractivity contribution in [2.24, 2.45) is 0 Å². The molecule has 0 spiro atoms. The van der Waals surface area contributed by atoms with E-state index in [0.717, 1.165) is 12.1 Å². The first kappa shape index (κ1) is 16.5. The second-order valence-corrected chi connectivity index (χ2v) is 5.53. The molecule has 0 aromatic heterocycles. The Balaban J connectivity index is 2.45. The number of thioether (sulfide) groups is 1. The van der Waals surface area contributed by atoms with Gasteiger partial charge in [-0.1, -0.05) is 6.07 Å². The standard InChI is InChI=1S/C12H8F5NO3S/c13-5-1-2-6(7(14)3-5)9-18(11(21)12(15,16)17)8(4-22-9)10(19)20/h1-3,8-9H,4H2,(H,19,20). The van der Waals surface area contributed by atoms with Gasteiger partial charge in [0.2, 0.25) is 0 Å². The van der Waals surface area contributed by atoms with Crippen LogP contribution in [-0.2, 0) is 9.59 Å². The van der Waals surface area contributed by atoms with Crippen molar-refractivity contribution in [2.75, 3.05) is 5.75 Å². The second kappa shape index (κ2) is 5.75. The minimum atomic E-state index is -5.30. The molecule has 1 aliphatic heterocycles. The Kier molecular flexibility index (Phi) is 4.32. The quantitative estimate of drug-likeness (QED) is 0.840. The molecule has 0 radical (unpaired) electrons. The Labute approximate surface area is 124 Å². The highest BCUT2D eigenvalue weighted by atomic mass is 32.2. The van der Waals surface area contributed by atoms with Gasteiger partial charge in [-0.3, -0.25) is 4.79 Å². The molecule has 120 valence electrons. The van der Waals surface area contributed by atoms with Crippen LogP contribution in [0.25, 0.3) is 0 Å². The number of carboxylic acid groups (broad SMARTS) is 1. The number of rotatable bonds is 2. The Morgan fingerprint density at radius 3 is 2.41 bits per heavy atom. The molecular weight excluding hydrogens is 333 g/mol. The van der Waals surface area contributed by atoms with E-state index in [0.29, 0.717) is 17.8 Å². The van der Waals surface area contributed by atoms with E-state index in [9.17, 15) is 31.5 Å². The van der Waals surface area contributed by atoms with Crippen molar-refractivity contribution < 1.29 is 36.6 Å². The molecule has 1 N–H and O–H groups in total. The van der Waals surface area contributed by atoms with Crippen molar-refractivity contribution in [2.45, 2.75) is 17.6 Å². The molecule has 1 aromatic rings. The number of hydrogen-bond acceptors (Lipinski definition) is 3. The van der Waals surface area contributed by atoms with Gasteiger partial charge in [0, 0.05) is 17.4 Å². The van der Waals surface area contributed by atoms with E-state index < -0.39 is 41.1 Å². The number of benzene rings is 1. The highest BCUT2D eigenvalue weighted by Gasteiger charge is 2.52. The molecule has 1 saturated heterocycles. The van der Waals surface area contributed by atoms with Crippen molar-refractivity contribution in [1.82, 2.24) is 4.90 Å². The number of halogens is 5. The molecule has 1 fully saturated rings. The van der Waals surface area contributed by atoms with Gasteiger partial charge in [0.15, 0.2) is 0 Å². The number of aliphatic carboxylic acids is 1. The normalized spacial score (nSPS) is 22.0. The zero-order valence-electron chi connectivity index (χ0n) is 10.6. The molecule has 1 amide bonds. The van der Waals surface area contributed by atoms with Crippen LogP contribution in [0.2, 0.25) is 0 Å².